The van der Waals surface area contributed by atoms with Gasteiger partial charge in [-0.3, -0.25) is 4.99 Å². The second-order valence-electron chi connectivity index (χ2n) is 4.92. The molecule has 3 nitrogen and oxygen atoms in total. The van der Waals surface area contributed by atoms with E-state index in [1.807, 2.05) is 13.8 Å². The molecule has 16 heavy (non-hydrogen) atoms. The molecular formula is C12H19N2OP. The van der Waals surface area contributed by atoms with Crippen LogP contribution in [0.3, 0.4) is 0 Å². The number of hydrogen-bond acceptors (Lipinski definition) is 2. The Morgan fingerprint density at radius 2 is 1.75 bits per heavy atom. The van der Waals surface area contributed by atoms with E-state index in [2.05, 4.69) is 16.7 Å². The van der Waals surface area contributed by atoms with E-state index in [0.29, 0.717) is 11.3 Å². The first-order valence-corrected chi connectivity index (χ1v) is 7.71. The standard InChI is InChI=1S/C12H19N2OP/c1-9(2)12(14-8-13-3)16(15,10-4-5-10)11-6-7-11/h8,10-11H,3-7H2,1-2H3/b14-8-. The summed E-state index contributed by atoms with van der Waals surface area (Å²) in [6, 6.07) is 0. The molecule has 0 aromatic carbocycles. The Morgan fingerprint density at radius 1 is 1.25 bits per heavy atom. The van der Waals surface area contributed by atoms with Gasteiger partial charge in [0, 0.05) is 11.3 Å². The minimum absolute atomic E-state index is 0.409. The third-order valence-corrected chi connectivity index (χ3v) is 7.65. The molecule has 0 aromatic heterocycles. The molecular weight excluding hydrogens is 219 g/mol. The lowest BCUT2D eigenvalue weighted by Crippen LogP contribution is -1.99. The highest BCUT2D eigenvalue weighted by Crippen LogP contribution is 2.75. The van der Waals surface area contributed by atoms with E-state index in [4.69, 9.17) is 0 Å². The Kier molecular flexibility index (Phi) is 3.16. The number of nitrogens with zero attached hydrogens (tertiary/aromatic N) is 2. The van der Waals surface area contributed by atoms with Crippen LogP contribution in [-0.4, -0.2) is 24.4 Å². The van der Waals surface area contributed by atoms with Gasteiger partial charge >= 0.3 is 0 Å². The summed E-state index contributed by atoms with van der Waals surface area (Å²) in [5.74, 6) is 0. The SMILES string of the molecule is C=N/C=N\C(=C(C)C)P(=O)(C1CC1)C1CC1. The van der Waals surface area contributed by atoms with Gasteiger partial charge in [0.1, 0.15) is 18.9 Å². The Labute approximate surface area is 97.1 Å². The van der Waals surface area contributed by atoms with Crippen molar-refractivity contribution in [1.82, 2.24) is 0 Å². The van der Waals surface area contributed by atoms with Crippen LogP contribution in [0, 0.1) is 0 Å². The summed E-state index contributed by atoms with van der Waals surface area (Å²) in [7, 11) is -2.24. The van der Waals surface area contributed by atoms with E-state index in [0.717, 1.165) is 36.7 Å². The molecule has 0 unspecified atom stereocenters. The minimum atomic E-state index is -2.24. The smallest absolute Gasteiger partial charge is 0.138 e. The number of aliphatic imine (C=N–C) groups is 2. The van der Waals surface area contributed by atoms with E-state index in [1.165, 1.54) is 6.34 Å². The molecule has 0 saturated heterocycles. The minimum Gasteiger partial charge on any atom is -0.316 e. The van der Waals surface area contributed by atoms with Gasteiger partial charge in [0.2, 0.25) is 0 Å². The van der Waals surface area contributed by atoms with Gasteiger partial charge in [0.25, 0.3) is 0 Å². The second-order valence-corrected chi connectivity index (χ2v) is 8.23. The van der Waals surface area contributed by atoms with Crippen LogP contribution < -0.4 is 0 Å². The number of hydrogen-bond donors (Lipinski definition) is 0. The largest absolute Gasteiger partial charge is 0.316 e. The maximum atomic E-state index is 13.2. The topological polar surface area (TPSA) is 41.8 Å². The molecule has 0 radical (unpaired) electrons. The summed E-state index contributed by atoms with van der Waals surface area (Å²) in [6.45, 7) is 7.37. The highest BCUT2D eigenvalue weighted by Gasteiger charge is 2.53. The van der Waals surface area contributed by atoms with Crippen molar-refractivity contribution >= 4 is 20.2 Å². The summed E-state index contributed by atoms with van der Waals surface area (Å²) < 4.78 is 13.2. The molecule has 4 heteroatoms. The maximum Gasteiger partial charge on any atom is 0.138 e. The second kappa shape index (κ2) is 4.29. The lowest BCUT2D eigenvalue weighted by atomic mass is 10.4. The molecule has 0 atom stereocenters. The van der Waals surface area contributed by atoms with Gasteiger partial charge in [-0.1, -0.05) is 0 Å². The Bertz CT molecular complexity index is 383. The van der Waals surface area contributed by atoms with Crippen LogP contribution in [-0.2, 0) is 4.57 Å². The van der Waals surface area contributed by atoms with Crippen LogP contribution in [0.25, 0.3) is 0 Å². The normalized spacial score (nSPS) is 21.1. The van der Waals surface area contributed by atoms with Gasteiger partial charge < -0.3 is 4.57 Å². The molecule has 0 amide bonds. The third-order valence-electron chi connectivity index (χ3n) is 3.22. The van der Waals surface area contributed by atoms with Crippen molar-refractivity contribution < 1.29 is 4.57 Å². The zero-order valence-corrected chi connectivity index (χ0v) is 10.9. The van der Waals surface area contributed by atoms with Gasteiger partial charge in [-0.15, -0.1) is 0 Å². The Balaban J connectivity index is 2.36. The van der Waals surface area contributed by atoms with Gasteiger partial charge in [-0.25, -0.2) is 4.99 Å². The van der Waals surface area contributed by atoms with Crippen molar-refractivity contribution in [2.45, 2.75) is 50.8 Å². The molecule has 0 bridgehead atoms. The van der Waals surface area contributed by atoms with Gasteiger partial charge in [0.05, 0.1) is 0 Å². The van der Waals surface area contributed by atoms with Crippen LogP contribution in [0.15, 0.2) is 21.0 Å². The van der Waals surface area contributed by atoms with Crippen molar-refractivity contribution in [2.75, 3.05) is 0 Å². The summed E-state index contributed by atoms with van der Waals surface area (Å²) in [5.41, 5.74) is 2.71. The molecule has 0 spiro atoms. The third kappa shape index (κ3) is 2.06. The molecule has 88 valence electrons. The van der Waals surface area contributed by atoms with Gasteiger partial charge in [0.15, 0.2) is 0 Å². The monoisotopic (exact) mass is 238 g/mol. The molecule has 2 rings (SSSR count). The van der Waals surface area contributed by atoms with E-state index >= 15 is 0 Å². The van der Waals surface area contributed by atoms with Crippen molar-refractivity contribution in [2.24, 2.45) is 9.98 Å². The maximum absolute atomic E-state index is 13.2. The lowest BCUT2D eigenvalue weighted by Gasteiger charge is -2.19. The molecule has 2 saturated carbocycles. The molecule has 2 aliphatic rings. The summed E-state index contributed by atoms with van der Waals surface area (Å²) >= 11 is 0. The summed E-state index contributed by atoms with van der Waals surface area (Å²) in [5, 5.41) is 0. The van der Waals surface area contributed by atoms with Crippen LogP contribution in [0.5, 0.6) is 0 Å². The average Bonchev–Trinajstić information content (AvgIpc) is 3.06. The fourth-order valence-corrected chi connectivity index (χ4v) is 6.28. The van der Waals surface area contributed by atoms with Crippen LogP contribution in [0.2, 0.25) is 0 Å². The van der Waals surface area contributed by atoms with Crippen LogP contribution in [0.4, 0.5) is 0 Å². The lowest BCUT2D eigenvalue weighted by molar-refractivity contribution is 0.576. The zero-order chi connectivity index (χ0) is 11.8. The van der Waals surface area contributed by atoms with Crippen molar-refractivity contribution in [3.63, 3.8) is 0 Å². The molecule has 0 aromatic rings. The first-order valence-electron chi connectivity index (χ1n) is 5.86. The fraction of sp³-hybridized carbons (Fsp3) is 0.667. The van der Waals surface area contributed by atoms with Gasteiger partial charge in [-0.05, 0) is 51.8 Å². The van der Waals surface area contributed by atoms with Crippen molar-refractivity contribution in [3.05, 3.63) is 11.0 Å². The van der Waals surface area contributed by atoms with E-state index in [9.17, 15) is 4.57 Å². The molecule has 2 fully saturated rings. The van der Waals surface area contributed by atoms with Crippen molar-refractivity contribution in [3.8, 4) is 0 Å². The summed E-state index contributed by atoms with van der Waals surface area (Å²) in [6.07, 6.45) is 5.88. The quantitative estimate of drug-likeness (QED) is 0.409. The predicted octanol–water partition coefficient (Wildman–Crippen LogP) is 3.65. The highest BCUT2D eigenvalue weighted by molar-refractivity contribution is 7.70. The zero-order valence-electron chi connectivity index (χ0n) is 10.0. The molecule has 0 aliphatic heterocycles. The number of allylic oxidation sites excluding steroid dienone is 1. The van der Waals surface area contributed by atoms with Gasteiger partial charge in [-0.2, -0.15) is 0 Å². The molecule has 2 aliphatic carbocycles. The average molecular weight is 238 g/mol. The first-order chi connectivity index (χ1) is 7.60. The summed E-state index contributed by atoms with van der Waals surface area (Å²) in [4.78, 5) is 7.93. The first kappa shape index (κ1) is 11.8. The van der Waals surface area contributed by atoms with Crippen molar-refractivity contribution in [1.29, 1.82) is 0 Å². The Morgan fingerprint density at radius 3 is 2.06 bits per heavy atom. The van der Waals surface area contributed by atoms with E-state index in [1.54, 1.807) is 0 Å². The number of rotatable bonds is 5. The molecule has 0 heterocycles. The Hall–Kier alpha value is -0.690. The molecule has 0 N–H and O–H groups in total. The van der Waals surface area contributed by atoms with Crippen LogP contribution >= 0.6 is 7.14 Å². The predicted molar refractivity (Wildman–Crippen MR) is 70.1 cm³/mol. The highest BCUT2D eigenvalue weighted by atomic mass is 31.2. The fourth-order valence-electron chi connectivity index (χ4n) is 2.22. The van der Waals surface area contributed by atoms with Crippen LogP contribution in [0.1, 0.15) is 39.5 Å². The van der Waals surface area contributed by atoms with E-state index < -0.39 is 7.14 Å². The van der Waals surface area contributed by atoms with E-state index in [-0.39, 0.29) is 0 Å².